The van der Waals surface area contributed by atoms with Crippen molar-refractivity contribution in [2.24, 2.45) is 0 Å². The zero-order valence-electron chi connectivity index (χ0n) is 6.50. The Balaban J connectivity index is 3.40. The van der Waals surface area contributed by atoms with Crippen molar-refractivity contribution in [1.82, 2.24) is 0 Å². The van der Waals surface area contributed by atoms with Crippen LogP contribution in [0.1, 0.15) is 12.5 Å². The molecule has 66 valence electrons. The van der Waals surface area contributed by atoms with Crippen LogP contribution in [0.4, 0.5) is 14.5 Å². The molecule has 0 atom stereocenters. The Hall–Kier alpha value is -0.640. The van der Waals surface area contributed by atoms with E-state index in [1.807, 2.05) is 0 Å². The van der Waals surface area contributed by atoms with Gasteiger partial charge in [0.1, 0.15) is 0 Å². The maximum absolute atomic E-state index is 13.0. The lowest BCUT2D eigenvalue weighted by molar-refractivity contribution is 0.496. The van der Waals surface area contributed by atoms with Gasteiger partial charge in [-0.25, -0.2) is 8.78 Å². The van der Waals surface area contributed by atoms with Crippen LogP contribution in [-0.2, 0) is 6.42 Å². The highest BCUT2D eigenvalue weighted by atomic mass is 79.9. The minimum absolute atomic E-state index is 0.0645. The average Bonchev–Trinajstić information content (AvgIpc) is 2.01. The first-order valence-corrected chi connectivity index (χ1v) is 4.29. The zero-order chi connectivity index (χ0) is 9.30. The van der Waals surface area contributed by atoms with Crippen LogP contribution >= 0.6 is 15.9 Å². The van der Waals surface area contributed by atoms with Gasteiger partial charge in [-0.2, -0.15) is 0 Å². The molecule has 0 amide bonds. The maximum atomic E-state index is 13.0. The van der Waals surface area contributed by atoms with Crippen LogP contribution in [0.3, 0.4) is 0 Å². The summed E-state index contributed by atoms with van der Waals surface area (Å²) in [5.74, 6) is -1.73. The van der Waals surface area contributed by atoms with Crippen LogP contribution in [0.5, 0.6) is 0 Å². The van der Waals surface area contributed by atoms with Crippen molar-refractivity contribution in [1.29, 1.82) is 0 Å². The van der Waals surface area contributed by atoms with E-state index >= 15 is 0 Å². The number of nitrogen functional groups attached to an aromatic ring is 1. The van der Waals surface area contributed by atoms with Crippen LogP contribution in [-0.4, -0.2) is 0 Å². The monoisotopic (exact) mass is 235 g/mol. The highest BCUT2D eigenvalue weighted by Crippen LogP contribution is 2.26. The van der Waals surface area contributed by atoms with Gasteiger partial charge in [-0.3, -0.25) is 0 Å². The maximum Gasteiger partial charge on any atom is 0.173 e. The Morgan fingerprint density at radius 2 is 2.00 bits per heavy atom. The topological polar surface area (TPSA) is 26.0 Å². The Morgan fingerprint density at radius 1 is 1.42 bits per heavy atom. The summed E-state index contributed by atoms with van der Waals surface area (Å²) in [6.07, 6.45) is 0.391. The number of halogens is 3. The first-order chi connectivity index (χ1) is 5.57. The molecule has 0 saturated carbocycles. The van der Waals surface area contributed by atoms with Gasteiger partial charge in [0.05, 0.1) is 4.47 Å². The summed E-state index contributed by atoms with van der Waals surface area (Å²) >= 11 is 2.87. The molecule has 0 fully saturated rings. The van der Waals surface area contributed by atoms with Gasteiger partial charge in [0.25, 0.3) is 0 Å². The third-order valence-electron chi connectivity index (χ3n) is 1.65. The van der Waals surface area contributed by atoms with Gasteiger partial charge in [0.2, 0.25) is 0 Å². The summed E-state index contributed by atoms with van der Waals surface area (Å²) in [4.78, 5) is 0. The highest BCUT2D eigenvalue weighted by Gasteiger charge is 2.13. The van der Waals surface area contributed by atoms with Gasteiger partial charge >= 0.3 is 0 Å². The smallest absolute Gasteiger partial charge is 0.173 e. The molecule has 0 bridgehead atoms. The standard InChI is InChI=1S/C8H8BrF2N/c1-2-4-6(12)3-5(9)8(11)7(4)10/h3H,2,12H2,1H3. The number of hydrogen-bond acceptors (Lipinski definition) is 1. The minimum atomic E-state index is -0.874. The van der Waals surface area contributed by atoms with E-state index in [2.05, 4.69) is 15.9 Å². The first-order valence-electron chi connectivity index (χ1n) is 3.49. The predicted octanol–water partition coefficient (Wildman–Crippen LogP) is 2.87. The Morgan fingerprint density at radius 3 is 2.50 bits per heavy atom. The Bertz CT molecular complexity index is 312. The van der Waals surface area contributed by atoms with Crippen LogP contribution < -0.4 is 5.73 Å². The second-order valence-electron chi connectivity index (χ2n) is 2.41. The van der Waals surface area contributed by atoms with Crippen molar-refractivity contribution in [3.63, 3.8) is 0 Å². The van der Waals surface area contributed by atoms with E-state index in [9.17, 15) is 8.78 Å². The highest BCUT2D eigenvalue weighted by molar-refractivity contribution is 9.10. The summed E-state index contributed by atoms with van der Waals surface area (Å²) in [6, 6.07) is 1.37. The molecule has 0 aromatic heterocycles. The molecule has 2 N–H and O–H groups in total. The van der Waals surface area contributed by atoms with E-state index in [4.69, 9.17) is 5.73 Å². The molecular formula is C8H8BrF2N. The van der Waals surface area contributed by atoms with Gasteiger partial charge in [0, 0.05) is 11.3 Å². The van der Waals surface area contributed by atoms with E-state index in [1.54, 1.807) is 6.92 Å². The van der Waals surface area contributed by atoms with Crippen LogP contribution in [0.15, 0.2) is 10.5 Å². The molecule has 0 spiro atoms. The molecule has 4 heteroatoms. The Kier molecular flexibility index (Phi) is 2.67. The molecule has 12 heavy (non-hydrogen) atoms. The fourth-order valence-electron chi connectivity index (χ4n) is 1.01. The van der Waals surface area contributed by atoms with Gasteiger partial charge in [-0.15, -0.1) is 0 Å². The third kappa shape index (κ3) is 1.43. The van der Waals surface area contributed by atoms with E-state index in [-0.39, 0.29) is 15.7 Å². The fraction of sp³-hybridized carbons (Fsp3) is 0.250. The molecule has 1 aromatic rings. The lowest BCUT2D eigenvalue weighted by Crippen LogP contribution is -2.00. The number of benzene rings is 1. The zero-order valence-corrected chi connectivity index (χ0v) is 8.08. The van der Waals surface area contributed by atoms with E-state index in [0.29, 0.717) is 6.42 Å². The van der Waals surface area contributed by atoms with Crippen LogP contribution in [0, 0.1) is 11.6 Å². The lowest BCUT2D eigenvalue weighted by Gasteiger charge is -2.06. The van der Waals surface area contributed by atoms with E-state index in [1.165, 1.54) is 6.07 Å². The van der Waals surface area contributed by atoms with Gasteiger partial charge in [0.15, 0.2) is 11.6 Å². The molecule has 0 heterocycles. The normalized spacial score (nSPS) is 10.3. The predicted molar refractivity (Wildman–Crippen MR) is 47.8 cm³/mol. The van der Waals surface area contributed by atoms with Crippen LogP contribution in [0.25, 0.3) is 0 Å². The fourth-order valence-corrected chi connectivity index (χ4v) is 1.43. The van der Waals surface area contributed by atoms with E-state index in [0.717, 1.165) is 0 Å². The summed E-state index contributed by atoms with van der Waals surface area (Å²) in [5.41, 5.74) is 5.98. The van der Waals surface area contributed by atoms with Crippen molar-refractivity contribution in [3.05, 3.63) is 27.7 Å². The lowest BCUT2D eigenvalue weighted by atomic mass is 10.1. The number of nitrogens with two attached hydrogens (primary N) is 1. The van der Waals surface area contributed by atoms with Gasteiger partial charge in [-0.05, 0) is 28.4 Å². The van der Waals surface area contributed by atoms with Crippen molar-refractivity contribution < 1.29 is 8.78 Å². The van der Waals surface area contributed by atoms with Crippen molar-refractivity contribution >= 4 is 21.6 Å². The Labute approximate surface area is 77.7 Å². The quantitative estimate of drug-likeness (QED) is 0.588. The van der Waals surface area contributed by atoms with Crippen molar-refractivity contribution in [2.45, 2.75) is 13.3 Å². The van der Waals surface area contributed by atoms with Crippen molar-refractivity contribution in [2.75, 3.05) is 5.73 Å². The molecule has 0 radical (unpaired) electrons. The molecule has 0 aliphatic carbocycles. The second kappa shape index (κ2) is 3.39. The SMILES string of the molecule is CCc1c(N)cc(Br)c(F)c1F. The van der Waals surface area contributed by atoms with Gasteiger partial charge < -0.3 is 5.73 Å². The van der Waals surface area contributed by atoms with Crippen LogP contribution in [0.2, 0.25) is 0 Å². The summed E-state index contributed by atoms with van der Waals surface area (Å²) < 4.78 is 26.0. The molecule has 0 aliphatic heterocycles. The van der Waals surface area contributed by atoms with Gasteiger partial charge in [-0.1, -0.05) is 6.92 Å². The molecule has 1 rings (SSSR count). The first kappa shape index (κ1) is 9.45. The van der Waals surface area contributed by atoms with Crippen molar-refractivity contribution in [3.8, 4) is 0 Å². The molecule has 0 unspecified atom stereocenters. The molecule has 0 aliphatic rings. The molecular weight excluding hydrogens is 228 g/mol. The summed E-state index contributed by atoms with van der Waals surface area (Å²) in [7, 11) is 0. The molecule has 1 aromatic carbocycles. The average molecular weight is 236 g/mol. The molecule has 0 saturated heterocycles. The third-order valence-corrected chi connectivity index (χ3v) is 2.23. The largest absolute Gasteiger partial charge is 0.398 e. The van der Waals surface area contributed by atoms with E-state index < -0.39 is 11.6 Å². The minimum Gasteiger partial charge on any atom is -0.398 e. The second-order valence-corrected chi connectivity index (χ2v) is 3.26. The number of anilines is 1. The number of rotatable bonds is 1. The summed E-state index contributed by atoms with van der Waals surface area (Å²) in [6.45, 7) is 1.72. The summed E-state index contributed by atoms with van der Waals surface area (Å²) in [5, 5.41) is 0. The number of hydrogen-bond donors (Lipinski definition) is 1. The molecule has 1 nitrogen and oxygen atoms in total.